The predicted molar refractivity (Wildman–Crippen MR) is 71.4 cm³/mol. The van der Waals surface area contributed by atoms with Crippen LogP contribution < -0.4 is 0 Å². The third-order valence-electron chi connectivity index (χ3n) is 3.20. The smallest absolute Gasteiger partial charge is 0.186 e. The van der Waals surface area contributed by atoms with Gasteiger partial charge in [-0.3, -0.25) is 19.2 Å². The SMILES string of the molecule is O=C1C=CC(=O)C(c2ccc3c(c2)C(=O)C=CC3=O)=C1. The standard InChI is InChI=1S/C16H8O4/c17-10-2-4-15(19)12(8-10)9-1-3-11-13(7-9)16(20)6-5-14(11)18/h1-8H. The Balaban J connectivity index is 2.13. The van der Waals surface area contributed by atoms with E-state index in [9.17, 15) is 19.2 Å². The van der Waals surface area contributed by atoms with Crippen molar-refractivity contribution in [3.63, 3.8) is 0 Å². The Kier molecular flexibility index (Phi) is 2.64. The van der Waals surface area contributed by atoms with Gasteiger partial charge in [0.2, 0.25) is 0 Å². The molecule has 2 aliphatic carbocycles. The highest BCUT2D eigenvalue weighted by molar-refractivity contribution is 6.34. The highest BCUT2D eigenvalue weighted by Gasteiger charge is 2.22. The van der Waals surface area contributed by atoms with Gasteiger partial charge in [-0.05, 0) is 48.1 Å². The zero-order valence-electron chi connectivity index (χ0n) is 10.3. The topological polar surface area (TPSA) is 68.3 Å². The molecular formula is C16H8O4. The first kappa shape index (κ1) is 12.2. The number of allylic oxidation sites excluding steroid dienone is 6. The molecule has 2 aliphatic rings. The number of hydrogen-bond acceptors (Lipinski definition) is 4. The molecule has 0 aromatic heterocycles. The lowest BCUT2D eigenvalue weighted by molar-refractivity contribution is -0.113. The molecule has 0 fully saturated rings. The summed E-state index contributed by atoms with van der Waals surface area (Å²) in [5, 5.41) is 0. The largest absolute Gasteiger partial charge is 0.290 e. The molecule has 4 nitrogen and oxygen atoms in total. The summed E-state index contributed by atoms with van der Waals surface area (Å²) in [6.07, 6.45) is 6.05. The molecule has 0 saturated carbocycles. The van der Waals surface area contributed by atoms with E-state index in [4.69, 9.17) is 0 Å². The Bertz CT molecular complexity index is 776. The molecule has 0 aliphatic heterocycles. The first-order valence-electron chi connectivity index (χ1n) is 5.95. The second-order valence-electron chi connectivity index (χ2n) is 4.48. The van der Waals surface area contributed by atoms with E-state index in [1.165, 1.54) is 42.5 Å². The average molecular weight is 264 g/mol. The molecule has 4 heteroatoms. The molecule has 3 rings (SSSR count). The van der Waals surface area contributed by atoms with Crippen LogP contribution >= 0.6 is 0 Å². The summed E-state index contributed by atoms with van der Waals surface area (Å²) in [4.78, 5) is 46.6. The summed E-state index contributed by atoms with van der Waals surface area (Å²) >= 11 is 0. The third kappa shape index (κ3) is 1.87. The molecule has 0 amide bonds. The van der Waals surface area contributed by atoms with Crippen molar-refractivity contribution in [2.75, 3.05) is 0 Å². The van der Waals surface area contributed by atoms with Crippen molar-refractivity contribution in [2.45, 2.75) is 0 Å². The number of hydrogen-bond donors (Lipinski definition) is 0. The molecule has 0 saturated heterocycles. The number of ketones is 4. The van der Waals surface area contributed by atoms with Crippen molar-refractivity contribution in [3.05, 3.63) is 65.3 Å². The second-order valence-corrected chi connectivity index (χ2v) is 4.48. The Hall–Kier alpha value is -2.88. The molecule has 0 atom stereocenters. The van der Waals surface area contributed by atoms with Crippen LogP contribution in [0.5, 0.6) is 0 Å². The number of fused-ring (bicyclic) bond motifs is 1. The number of rotatable bonds is 1. The minimum absolute atomic E-state index is 0.232. The van der Waals surface area contributed by atoms with Crippen LogP contribution in [0.2, 0.25) is 0 Å². The van der Waals surface area contributed by atoms with Crippen molar-refractivity contribution < 1.29 is 19.2 Å². The molecule has 0 unspecified atom stereocenters. The van der Waals surface area contributed by atoms with Crippen LogP contribution in [0.15, 0.2) is 48.6 Å². The van der Waals surface area contributed by atoms with Crippen LogP contribution in [-0.4, -0.2) is 23.1 Å². The molecular weight excluding hydrogens is 256 g/mol. The zero-order valence-corrected chi connectivity index (χ0v) is 10.3. The summed E-state index contributed by atoms with van der Waals surface area (Å²) in [5.41, 5.74) is 1.26. The van der Waals surface area contributed by atoms with E-state index in [-0.39, 0.29) is 34.3 Å². The maximum atomic E-state index is 11.8. The van der Waals surface area contributed by atoms with Crippen LogP contribution in [0.25, 0.3) is 5.57 Å². The van der Waals surface area contributed by atoms with Crippen molar-refractivity contribution in [1.29, 1.82) is 0 Å². The number of carbonyl (C=O) groups is 4. The van der Waals surface area contributed by atoms with E-state index in [0.29, 0.717) is 11.1 Å². The third-order valence-corrected chi connectivity index (χ3v) is 3.20. The van der Waals surface area contributed by atoms with Crippen LogP contribution in [0.4, 0.5) is 0 Å². The lowest BCUT2D eigenvalue weighted by Crippen LogP contribution is -2.13. The lowest BCUT2D eigenvalue weighted by Gasteiger charge is -2.12. The Morgan fingerprint density at radius 3 is 2.05 bits per heavy atom. The van der Waals surface area contributed by atoms with E-state index in [0.717, 1.165) is 0 Å². The van der Waals surface area contributed by atoms with Gasteiger partial charge in [0, 0.05) is 16.7 Å². The van der Waals surface area contributed by atoms with Crippen LogP contribution in [0, 0.1) is 0 Å². The van der Waals surface area contributed by atoms with Gasteiger partial charge in [0.1, 0.15) is 0 Å². The van der Waals surface area contributed by atoms with E-state index in [1.54, 1.807) is 6.07 Å². The fourth-order valence-corrected chi connectivity index (χ4v) is 2.20. The second kappa shape index (κ2) is 4.35. The van der Waals surface area contributed by atoms with Crippen LogP contribution in [0.3, 0.4) is 0 Å². The Morgan fingerprint density at radius 1 is 0.650 bits per heavy atom. The Morgan fingerprint density at radius 2 is 1.30 bits per heavy atom. The van der Waals surface area contributed by atoms with Crippen molar-refractivity contribution in [3.8, 4) is 0 Å². The van der Waals surface area contributed by atoms with E-state index in [1.807, 2.05) is 0 Å². The molecule has 96 valence electrons. The Labute approximate surface area is 114 Å². The van der Waals surface area contributed by atoms with Crippen LogP contribution in [0.1, 0.15) is 26.3 Å². The van der Waals surface area contributed by atoms with E-state index >= 15 is 0 Å². The summed E-state index contributed by atoms with van der Waals surface area (Å²) in [6, 6.07) is 4.56. The fraction of sp³-hybridized carbons (Fsp3) is 0. The first-order chi connectivity index (χ1) is 9.56. The minimum Gasteiger partial charge on any atom is -0.290 e. The maximum absolute atomic E-state index is 11.8. The van der Waals surface area contributed by atoms with Gasteiger partial charge < -0.3 is 0 Å². The summed E-state index contributed by atoms with van der Waals surface area (Å²) in [7, 11) is 0. The van der Waals surface area contributed by atoms with Crippen molar-refractivity contribution >= 4 is 28.7 Å². The van der Waals surface area contributed by atoms with Gasteiger partial charge in [0.05, 0.1) is 0 Å². The first-order valence-corrected chi connectivity index (χ1v) is 5.95. The van der Waals surface area contributed by atoms with Gasteiger partial charge in [-0.1, -0.05) is 6.07 Å². The van der Waals surface area contributed by atoms with Gasteiger partial charge in [-0.25, -0.2) is 0 Å². The van der Waals surface area contributed by atoms with Crippen molar-refractivity contribution in [1.82, 2.24) is 0 Å². The molecule has 0 N–H and O–H groups in total. The van der Waals surface area contributed by atoms with E-state index in [2.05, 4.69) is 0 Å². The van der Waals surface area contributed by atoms with Gasteiger partial charge in [-0.15, -0.1) is 0 Å². The average Bonchev–Trinajstić information content (AvgIpc) is 2.45. The van der Waals surface area contributed by atoms with Crippen LogP contribution in [-0.2, 0) is 9.59 Å². The quantitative estimate of drug-likeness (QED) is 0.724. The molecule has 1 aromatic rings. The number of carbonyl (C=O) groups excluding carboxylic acids is 4. The zero-order chi connectivity index (χ0) is 14.3. The highest BCUT2D eigenvalue weighted by Crippen LogP contribution is 2.25. The minimum atomic E-state index is -0.297. The summed E-state index contributed by atoms with van der Waals surface area (Å²) in [6.45, 7) is 0. The molecule has 20 heavy (non-hydrogen) atoms. The van der Waals surface area contributed by atoms with Crippen molar-refractivity contribution in [2.24, 2.45) is 0 Å². The van der Waals surface area contributed by atoms with Gasteiger partial charge >= 0.3 is 0 Å². The summed E-state index contributed by atoms with van der Waals surface area (Å²) < 4.78 is 0. The van der Waals surface area contributed by atoms with Gasteiger partial charge in [0.25, 0.3) is 0 Å². The molecule has 1 aromatic carbocycles. The molecule has 0 radical (unpaired) electrons. The lowest BCUT2D eigenvalue weighted by atomic mass is 9.89. The van der Waals surface area contributed by atoms with E-state index < -0.39 is 0 Å². The van der Waals surface area contributed by atoms with Gasteiger partial charge in [0.15, 0.2) is 23.1 Å². The molecule has 0 spiro atoms. The summed E-state index contributed by atoms with van der Waals surface area (Å²) in [5.74, 6) is -1.10. The normalized spacial score (nSPS) is 17.3. The number of benzene rings is 1. The maximum Gasteiger partial charge on any atom is 0.186 e. The molecule has 0 bridgehead atoms. The predicted octanol–water partition coefficient (Wildman–Crippen LogP) is 1.71. The van der Waals surface area contributed by atoms with Gasteiger partial charge in [-0.2, -0.15) is 0 Å². The monoisotopic (exact) mass is 264 g/mol. The molecule has 0 heterocycles. The fourth-order valence-electron chi connectivity index (χ4n) is 2.20. The highest BCUT2D eigenvalue weighted by atomic mass is 16.1.